The van der Waals surface area contributed by atoms with Crippen LogP contribution in [0.3, 0.4) is 0 Å². The molecule has 0 saturated heterocycles. The van der Waals surface area contributed by atoms with Crippen molar-refractivity contribution in [1.82, 2.24) is 4.98 Å². The first-order valence-electron chi connectivity index (χ1n) is 5.02. The SMILES string of the molecule is CCC(Nc1ncccc1Br)C(C)C. The first-order valence-corrected chi connectivity index (χ1v) is 5.81. The number of hydrogen-bond acceptors (Lipinski definition) is 2. The molecule has 14 heavy (non-hydrogen) atoms. The summed E-state index contributed by atoms with van der Waals surface area (Å²) in [6, 6.07) is 4.41. The Balaban J connectivity index is 2.72. The van der Waals surface area contributed by atoms with Gasteiger partial charge in [0.25, 0.3) is 0 Å². The second kappa shape index (κ2) is 5.35. The maximum Gasteiger partial charge on any atom is 0.140 e. The highest BCUT2D eigenvalue weighted by atomic mass is 79.9. The number of pyridine rings is 1. The summed E-state index contributed by atoms with van der Waals surface area (Å²) in [4.78, 5) is 4.29. The molecule has 1 aromatic rings. The Morgan fingerprint density at radius 2 is 2.21 bits per heavy atom. The molecule has 0 aliphatic rings. The van der Waals surface area contributed by atoms with E-state index in [1.165, 1.54) is 0 Å². The van der Waals surface area contributed by atoms with Gasteiger partial charge < -0.3 is 5.32 Å². The Hall–Kier alpha value is -0.570. The van der Waals surface area contributed by atoms with Gasteiger partial charge in [-0.15, -0.1) is 0 Å². The van der Waals surface area contributed by atoms with E-state index >= 15 is 0 Å². The Kier molecular flexibility index (Phi) is 4.39. The molecule has 0 aromatic carbocycles. The van der Waals surface area contributed by atoms with E-state index in [-0.39, 0.29) is 0 Å². The van der Waals surface area contributed by atoms with Gasteiger partial charge in [-0.2, -0.15) is 0 Å². The van der Waals surface area contributed by atoms with Crippen molar-refractivity contribution < 1.29 is 0 Å². The van der Waals surface area contributed by atoms with Gasteiger partial charge in [0, 0.05) is 12.2 Å². The minimum absolute atomic E-state index is 0.487. The van der Waals surface area contributed by atoms with Gasteiger partial charge in [-0.25, -0.2) is 4.98 Å². The zero-order valence-corrected chi connectivity index (χ0v) is 10.5. The van der Waals surface area contributed by atoms with E-state index in [9.17, 15) is 0 Å². The van der Waals surface area contributed by atoms with Crippen LogP contribution in [0.5, 0.6) is 0 Å². The van der Waals surface area contributed by atoms with E-state index in [0.717, 1.165) is 16.7 Å². The Bertz CT molecular complexity index is 286. The highest BCUT2D eigenvalue weighted by Crippen LogP contribution is 2.21. The standard InChI is InChI=1S/C11H17BrN2/c1-4-10(8(2)3)14-11-9(12)6-5-7-13-11/h5-8,10H,4H2,1-3H3,(H,13,14). The van der Waals surface area contributed by atoms with Gasteiger partial charge in [-0.05, 0) is 40.4 Å². The molecule has 1 heterocycles. The summed E-state index contributed by atoms with van der Waals surface area (Å²) in [5.41, 5.74) is 0. The van der Waals surface area contributed by atoms with Crippen LogP contribution in [0.1, 0.15) is 27.2 Å². The van der Waals surface area contributed by atoms with Crippen LogP contribution in [0.25, 0.3) is 0 Å². The van der Waals surface area contributed by atoms with Crippen LogP contribution in [-0.2, 0) is 0 Å². The maximum atomic E-state index is 4.29. The fourth-order valence-corrected chi connectivity index (χ4v) is 1.78. The first kappa shape index (κ1) is 11.5. The average Bonchev–Trinajstić information content (AvgIpc) is 2.16. The molecule has 2 nitrogen and oxygen atoms in total. The monoisotopic (exact) mass is 256 g/mol. The minimum Gasteiger partial charge on any atom is -0.366 e. The van der Waals surface area contributed by atoms with Gasteiger partial charge in [0.15, 0.2) is 0 Å². The number of nitrogens with zero attached hydrogens (tertiary/aromatic N) is 1. The van der Waals surface area contributed by atoms with Crippen LogP contribution < -0.4 is 5.32 Å². The molecule has 78 valence electrons. The maximum absolute atomic E-state index is 4.29. The zero-order valence-electron chi connectivity index (χ0n) is 8.92. The van der Waals surface area contributed by atoms with E-state index in [2.05, 4.69) is 47.0 Å². The van der Waals surface area contributed by atoms with Crippen molar-refractivity contribution in [3.63, 3.8) is 0 Å². The largest absolute Gasteiger partial charge is 0.366 e. The highest BCUT2D eigenvalue weighted by Gasteiger charge is 2.12. The van der Waals surface area contributed by atoms with Crippen LogP contribution in [-0.4, -0.2) is 11.0 Å². The van der Waals surface area contributed by atoms with Crippen LogP contribution in [0, 0.1) is 5.92 Å². The van der Waals surface area contributed by atoms with Crippen molar-refractivity contribution in [2.24, 2.45) is 5.92 Å². The van der Waals surface area contributed by atoms with Crippen molar-refractivity contribution in [1.29, 1.82) is 0 Å². The summed E-state index contributed by atoms with van der Waals surface area (Å²) in [5.74, 6) is 1.56. The molecule has 0 fully saturated rings. The molecule has 3 heteroatoms. The van der Waals surface area contributed by atoms with Crippen molar-refractivity contribution >= 4 is 21.7 Å². The quantitative estimate of drug-likeness (QED) is 0.889. The van der Waals surface area contributed by atoms with Gasteiger partial charge in [0.1, 0.15) is 5.82 Å². The molecule has 1 unspecified atom stereocenters. The van der Waals surface area contributed by atoms with Crippen LogP contribution in [0.15, 0.2) is 22.8 Å². The van der Waals surface area contributed by atoms with Crippen molar-refractivity contribution in [2.75, 3.05) is 5.32 Å². The van der Waals surface area contributed by atoms with Gasteiger partial charge in [-0.3, -0.25) is 0 Å². The first-order chi connectivity index (χ1) is 6.65. The molecule has 1 rings (SSSR count). The third-order valence-corrected chi connectivity index (χ3v) is 2.97. The predicted octanol–water partition coefficient (Wildman–Crippen LogP) is 3.69. The van der Waals surface area contributed by atoms with E-state index in [1.54, 1.807) is 6.20 Å². The summed E-state index contributed by atoms with van der Waals surface area (Å²) in [7, 11) is 0. The molecule has 1 aromatic heterocycles. The average molecular weight is 257 g/mol. The molecule has 0 aliphatic heterocycles. The van der Waals surface area contributed by atoms with E-state index in [4.69, 9.17) is 0 Å². The van der Waals surface area contributed by atoms with E-state index < -0.39 is 0 Å². The van der Waals surface area contributed by atoms with Crippen LogP contribution in [0.2, 0.25) is 0 Å². The number of halogens is 1. The van der Waals surface area contributed by atoms with Crippen molar-refractivity contribution in [2.45, 2.75) is 33.2 Å². The second-order valence-corrected chi connectivity index (χ2v) is 4.59. The molecule has 0 amide bonds. The third kappa shape index (κ3) is 2.98. The summed E-state index contributed by atoms with van der Waals surface area (Å²) < 4.78 is 1.03. The predicted molar refractivity (Wildman–Crippen MR) is 64.5 cm³/mol. The molecule has 1 N–H and O–H groups in total. The number of hydrogen-bond donors (Lipinski definition) is 1. The molecule has 0 bridgehead atoms. The van der Waals surface area contributed by atoms with Gasteiger partial charge in [0.2, 0.25) is 0 Å². The number of anilines is 1. The lowest BCUT2D eigenvalue weighted by atomic mass is 10.0. The zero-order chi connectivity index (χ0) is 10.6. The number of rotatable bonds is 4. The lowest BCUT2D eigenvalue weighted by molar-refractivity contribution is 0.509. The minimum atomic E-state index is 0.487. The second-order valence-electron chi connectivity index (χ2n) is 3.74. The highest BCUT2D eigenvalue weighted by molar-refractivity contribution is 9.10. The summed E-state index contributed by atoms with van der Waals surface area (Å²) >= 11 is 3.48. The van der Waals surface area contributed by atoms with E-state index in [0.29, 0.717) is 12.0 Å². The molecule has 1 atom stereocenters. The van der Waals surface area contributed by atoms with E-state index in [1.807, 2.05) is 12.1 Å². The molecule has 0 radical (unpaired) electrons. The molecular weight excluding hydrogens is 240 g/mol. The molecule has 0 saturated carbocycles. The van der Waals surface area contributed by atoms with Gasteiger partial charge in [-0.1, -0.05) is 20.8 Å². The lowest BCUT2D eigenvalue weighted by Gasteiger charge is -2.21. The smallest absolute Gasteiger partial charge is 0.140 e. The summed E-state index contributed by atoms with van der Waals surface area (Å²) in [6.07, 6.45) is 2.92. The normalized spacial score (nSPS) is 12.9. The van der Waals surface area contributed by atoms with Crippen LogP contribution >= 0.6 is 15.9 Å². The van der Waals surface area contributed by atoms with Gasteiger partial charge in [0.05, 0.1) is 4.47 Å². The third-order valence-electron chi connectivity index (χ3n) is 2.33. The fourth-order valence-electron chi connectivity index (χ4n) is 1.41. The van der Waals surface area contributed by atoms with Gasteiger partial charge >= 0.3 is 0 Å². The topological polar surface area (TPSA) is 24.9 Å². The fraction of sp³-hybridized carbons (Fsp3) is 0.545. The Labute approximate surface area is 94.3 Å². The Morgan fingerprint density at radius 3 is 2.71 bits per heavy atom. The lowest BCUT2D eigenvalue weighted by Crippen LogP contribution is -2.25. The van der Waals surface area contributed by atoms with Crippen molar-refractivity contribution in [3.8, 4) is 0 Å². The number of aromatic nitrogens is 1. The summed E-state index contributed by atoms with van der Waals surface area (Å²) in [6.45, 7) is 6.63. The van der Waals surface area contributed by atoms with Crippen LogP contribution in [0.4, 0.5) is 5.82 Å². The van der Waals surface area contributed by atoms with Crippen molar-refractivity contribution in [3.05, 3.63) is 22.8 Å². The number of nitrogens with one attached hydrogen (secondary N) is 1. The Morgan fingerprint density at radius 1 is 1.50 bits per heavy atom. The summed E-state index contributed by atoms with van der Waals surface area (Å²) in [5, 5.41) is 3.44. The molecular formula is C11H17BrN2. The molecule has 0 spiro atoms. The molecule has 0 aliphatic carbocycles.